The average molecular weight is 205 g/mol. The normalized spacial score (nSPS) is 13.0. The second kappa shape index (κ2) is 3.86. The summed E-state index contributed by atoms with van der Waals surface area (Å²) in [4.78, 5) is 0. The van der Waals surface area contributed by atoms with Crippen LogP contribution in [0.2, 0.25) is 0 Å². The minimum atomic E-state index is 0.0301. The van der Waals surface area contributed by atoms with E-state index < -0.39 is 0 Å². The van der Waals surface area contributed by atoms with Crippen LogP contribution in [0.4, 0.5) is 0 Å². The van der Waals surface area contributed by atoms with Crippen molar-refractivity contribution in [2.75, 3.05) is 0 Å². The topological polar surface area (TPSA) is 61.7 Å². The molecule has 0 spiro atoms. The van der Waals surface area contributed by atoms with Crippen molar-refractivity contribution in [1.82, 2.24) is 19.6 Å². The molecule has 2 rings (SSSR count). The number of aryl methyl sites for hydroxylation is 1. The molecule has 1 atom stereocenters. The highest BCUT2D eigenvalue weighted by atomic mass is 15.3. The Balaban J connectivity index is 2.11. The van der Waals surface area contributed by atoms with Crippen molar-refractivity contribution in [2.24, 2.45) is 12.8 Å². The van der Waals surface area contributed by atoms with Gasteiger partial charge in [-0.25, -0.2) is 0 Å². The largest absolute Gasteiger partial charge is 0.324 e. The van der Waals surface area contributed by atoms with Crippen LogP contribution in [0, 0.1) is 0 Å². The van der Waals surface area contributed by atoms with E-state index >= 15 is 0 Å². The summed E-state index contributed by atoms with van der Waals surface area (Å²) < 4.78 is 3.63. The lowest BCUT2D eigenvalue weighted by Gasteiger charge is -1.99. The van der Waals surface area contributed by atoms with E-state index in [4.69, 9.17) is 5.73 Å². The number of nitrogens with two attached hydrogens (primary N) is 1. The summed E-state index contributed by atoms with van der Waals surface area (Å²) >= 11 is 0. The highest BCUT2D eigenvalue weighted by molar-refractivity contribution is 5.09. The molecule has 2 heterocycles. The lowest BCUT2D eigenvalue weighted by molar-refractivity contribution is 0.649. The van der Waals surface area contributed by atoms with Crippen LogP contribution in [0.1, 0.15) is 24.2 Å². The molecule has 2 aromatic rings. The fourth-order valence-corrected chi connectivity index (χ4v) is 1.41. The summed E-state index contributed by atoms with van der Waals surface area (Å²) in [6.45, 7) is 2.63. The molecule has 2 N–H and O–H groups in total. The Hall–Kier alpha value is -1.62. The van der Waals surface area contributed by atoms with Crippen LogP contribution in [0.5, 0.6) is 0 Å². The number of hydrogen-bond acceptors (Lipinski definition) is 3. The van der Waals surface area contributed by atoms with Crippen molar-refractivity contribution in [2.45, 2.75) is 19.5 Å². The van der Waals surface area contributed by atoms with Gasteiger partial charge in [0.1, 0.15) is 0 Å². The molecule has 15 heavy (non-hydrogen) atoms. The molecule has 0 aromatic carbocycles. The lowest BCUT2D eigenvalue weighted by atomic mass is 10.2. The van der Waals surface area contributed by atoms with Crippen LogP contribution in [0.3, 0.4) is 0 Å². The van der Waals surface area contributed by atoms with E-state index in [0.717, 1.165) is 11.3 Å². The minimum Gasteiger partial charge on any atom is -0.324 e. The maximum absolute atomic E-state index is 5.75. The zero-order chi connectivity index (χ0) is 10.8. The Morgan fingerprint density at radius 1 is 1.53 bits per heavy atom. The molecule has 1 unspecified atom stereocenters. The van der Waals surface area contributed by atoms with E-state index in [1.807, 2.05) is 37.1 Å². The summed E-state index contributed by atoms with van der Waals surface area (Å²) in [6.07, 6.45) is 5.68. The first-order chi connectivity index (χ1) is 7.15. The molecular formula is C10H15N5. The first-order valence-electron chi connectivity index (χ1n) is 4.91. The highest BCUT2D eigenvalue weighted by Crippen LogP contribution is 2.08. The van der Waals surface area contributed by atoms with Gasteiger partial charge in [0, 0.05) is 31.0 Å². The zero-order valence-corrected chi connectivity index (χ0v) is 8.96. The van der Waals surface area contributed by atoms with Crippen LogP contribution in [-0.4, -0.2) is 19.6 Å². The molecule has 0 fully saturated rings. The van der Waals surface area contributed by atoms with Crippen molar-refractivity contribution in [1.29, 1.82) is 0 Å². The summed E-state index contributed by atoms with van der Waals surface area (Å²) in [7, 11) is 1.90. The van der Waals surface area contributed by atoms with Crippen molar-refractivity contribution >= 4 is 0 Å². The van der Waals surface area contributed by atoms with Gasteiger partial charge in [-0.2, -0.15) is 10.2 Å². The molecular weight excluding hydrogens is 190 g/mol. The van der Waals surface area contributed by atoms with Gasteiger partial charge in [-0.05, 0) is 13.0 Å². The van der Waals surface area contributed by atoms with E-state index in [2.05, 4.69) is 10.2 Å². The molecule has 2 aromatic heterocycles. The van der Waals surface area contributed by atoms with Crippen LogP contribution >= 0.6 is 0 Å². The molecule has 0 radical (unpaired) electrons. The van der Waals surface area contributed by atoms with E-state index in [-0.39, 0.29) is 6.04 Å². The molecule has 5 heteroatoms. The van der Waals surface area contributed by atoms with E-state index in [9.17, 15) is 0 Å². The first-order valence-corrected chi connectivity index (χ1v) is 4.91. The average Bonchev–Trinajstić information content (AvgIpc) is 2.76. The molecule has 0 bridgehead atoms. The van der Waals surface area contributed by atoms with Crippen molar-refractivity contribution < 1.29 is 0 Å². The second-order valence-corrected chi connectivity index (χ2v) is 3.74. The van der Waals surface area contributed by atoms with Gasteiger partial charge in [-0.1, -0.05) is 0 Å². The summed E-state index contributed by atoms with van der Waals surface area (Å²) in [6, 6.07) is 2.01. The molecule has 0 saturated carbocycles. The van der Waals surface area contributed by atoms with Gasteiger partial charge in [-0.15, -0.1) is 0 Å². The molecule has 0 aliphatic heterocycles. The van der Waals surface area contributed by atoms with Gasteiger partial charge in [0.15, 0.2) is 0 Å². The van der Waals surface area contributed by atoms with Crippen molar-refractivity contribution in [3.8, 4) is 0 Å². The predicted octanol–water partition coefficient (Wildman–Crippen LogP) is 0.685. The predicted molar refractivity (Wildman–Crippen MR) is 57.1 cm³/mol. The third kappa shape index (κ3) is 2.24. The number of aromatic nitrogens is 4. The van der Waals surface area contributed by atoms with Crippen LogP contribution < -0.4 is 5.73 Å². The van der Waals surface area contributed by atoms with Crippen LogP contribution in [0.15, 0.2) is 24.7 Å². The van der Waals surface area contributed by atoms with Crippen molar-refractivity contribution in [3.05, 3.63) is 35.9 Å². The number of nitrogens with zero attached hydrogens (tertiary/aromatic N) is 4. The number of rotatable bonds is 3. The zero-order valence-electron chi connectivity index (χ0n) is 8.96. The minimum absolute atomic E-state index is 0.0301. The quantitative estimate of drug-likeness (QED) is 0.801. The number of hydrogen-bond donors (Lipinski definition) is 1. The Bertz CT molecular complexity index is 440. The first kappa shape index (κ1) is 9.92. The third-order valence-corrected chi connectivity index (χ3v) is 2.27. The maximum Gasteiger partial charge on any atom is 0.0849 e. The monoisotopic (exact) mass is 205 g/mol. The van der Waals surface area contributed by atoms with Gasteiger partial charge >= 0.3 is 0 Å². The smallest absolute Gasteiger partial charge is 0.0849 e. The lowest BCUT2D eigenvalue weighted by Crippen LogP contribution is -2.04. The van der Waals surface area contributed by atoms with Crippen LogP contribution in [0.25, 0.3) is 0 Å². The van der Waals surface area contributed by atoms with E-state index in [1.54, 1.807) is 10.9 Å². The molecule has 0 aliphatic rings. The second-order valence-electron chi connectivity index (χ2n) is 3.74. The molecule has 80 valence electrons. The van der Waals surface area contributed by atoms with Crippen LogP contribution in [-0.2, 0) is 13.6 Å². The Labute approximate surface area is 88.5 Å². The fourth-order valence-electron chi connectivity index (χ4n) is 1.41. The van der Waals surface area contributed by atoms with Gasteiger partial charge < -0.3 is 5.73 Å². The maximum atomic E-state index is 5.75. The Morgan fingerprint density at radius 3 is 2.87 bits per heavy atom. The fraction of sp³-hybridized carbons (Fsp3) is 0.400. The van der Waals surface area contributed by atoms with E-state index in [0.29, 0.717) is 6.54 Å². The Morgan fingerprint density at radius 2 is 2.33 bits per heavy atom. The standard InChI is InChI=1S/C10H15N5/c1-8(11)9-5-12-15(6-9)7-10-3-4-14(2)13-10/h3-6,8H,7,11H2,1-2H3. The summed E-state index contributed by atoms with van der Waals surface area (Å²) in [5.74, 6) is 0. The van der Waals surface area contributed by atoms with Gasteiger partial charge in [-0.3, -0.25) is 9.36 Å². The SMILES string of the molecule is CC(N)c1cnn(Cc2ccn(C)n2)c1. The van der Waals surface area contributed by atoms with E-state index in [1.165, 1.54) is 0 Å². The van der Waals surface area contributed by atoms with Crippen molar-refractivity contribution in [3.63, 3.8) is 0 Å². The summed E-state index contributed by atoms with van der Waals surface area (Å²) in [5.41, 5.74) is 7.80. The molecule has 0 aliphatic carbocycles. The van der Waals surface area contributed by atoms with Gasteiger partial charge in [0.25, 0.3) is 0 Å². The van der Waals surface area contributed by atoms with Gasteiger partial charge in [0.2, 0.25) is 0 Å². The molecule has 0 saturated heterocycles. The molecule has 0 amide bonds. The molecule has 5 nitrogen and oxygen atoms in total. The summed E-state index contributed by atoms with van der Waals surface area (Å²) in [5, 5.41) is 8.51. The Kier molecular flexibility index (Phi) is 2.55. The van der Waals surface area contributed by atoms with Gasteiger partial charge in [0.05, 0.1) is 18.4 Å². The highest BCUT2D eigenvalue weighted by Gasteiger charge is 2.04. The third-order valence-electron chi connectivity index (χ3n) is 2.27.